The van der Waals surface area contributed by atoms with Gasteiger partial charge in [0, 0.05) is 5.92 Å². The minimum Gasteiger partial charge on any atom is -0.320 e. The van der Waals surface area contributed by atoms with E-state index in [1.165, 1.54) is 0 Å². The number of rotatable bonds is 2. The van der Waals surface area contributed by atoms with Gasteiger partial charge in [-0.15, -0.1) is 5.10 Å². The van der Waals surface area contributed by atoms with Gasteiger partial charge < -0.3 is 5.84 Å². The van der Waals surface area contributed by atoms with Gasteiger partial charge in [0.15, 0.2) is 0 Å². The highest BCUT2D eigenvalue weighted by Crippen LogP contribution is 2.40. The van der Waals surface area contributed by atoms with Crippen LogP contribution in [0.15, 0.2) is 76.8 Å². The van der Waals surface area contributed by atoms with Crippen molar-refractivity contribution in [3.8, 4) is 0 Å². The SMILES string of the molecule is N/N=C1\N=C2C=C(c3ccccc3)CC(c3ccccc3)C2C(=O)N1. The molecule has 2 unspecified atom stereocenters. The molecule has 2 aliphatic rings. The van der Waals surface area contributed by atoms with Crippen LogP contribution in [0.5, 0.6) is 0 Å². The van der Waals surface area contributed by atoms with Gasteiger partial charge in [-0.3, -0.25) is 10.1 Å². The molecule has 0 radical (unpaired) electrons. The molecular weight excluding hydrogens is 312 g/mol. The van der Waals surface area contributed by atoms with Gasteiger partial charge in [-0.1, -0.05) is 60.7 Å². The van der Waals surface area contributed by atoms with E-state index in [-0.39, 0.29) is 23.7 Å². The van der Waals surface area contributed by atoms with E-state index < -0.39 is 0 Å². The van der Waals surface area contributed by atoms with Crippen LogP contribution in [0.1, 0.15) is 23.5 Å². The monoisotopic (exact) mass is 330 g/mol. The number of hydrogen-bond acceptors (Lipinski definition) is 3. The van der Waals surface area contributed by atoms with E-state index in [2.05, 4.69) is 39.7 Å². The van der Waals surface area contributed by atoms with Crippen molar-refractivity contribution in [1.29, 1.82) is 0 Å². The Morgan fingerprint density at radius 3 is 2.40 bits per heavy atom. The minimum absolute atomic E-state index is 0.0273. The second kappa shape index (κ2) is 6.36. The van der Waals surface area contributed by atoms with E-state index >= 15 is 0 Å². The van der Waals surface area contributed by atoms with Crippen LogP contribution < -0.4 is 11.2 Å². The number of fused-ring (bicyclic) bond motifs is 1. The maximum Gasteiger partial charge on any atom is 0.246 e. The molecule has 2 aromatic carbocycles. The number of hydrazone groups is 1. The van der Waals surface area contributed by atoms with Crippen LogP contribution in [-0.4, -0.2) is 17.6 Å². The molecule has 0 saturated heterocycles. The quantitative estimate of drug-likeness (QED) is 0.656. The van der Waals surface area contributed by atoms with E-state index in [9.17, 15) is 4.79 Å². The lowest BCUT2D eigenvalue weighted by atomic mass is 9.72. The molecule has 2 aromatic rings. The van der Waals surface area contributed by atoms with Crippen molar-refractivity contribution in [2.24, 2.45) is 21.9 Å². The average molecular weight is 330 g/mol. The minimum atomic E-state index is -0.333. The zero-order valence-corrected chi connectivity index (χ0v) is 13.6. The molecular formula is C20H18N4O. The molecule has 5 nitrogen and oxygen atoms in total. The Morgan fingerprint density at radius 2 is 1.72 bits per heavy atom. The van der Waals surface area contributed by atoms with Crippen molar-refractivity contribution < 1.29 is 4.79 Å². The number of guanidine groups is 1. The van der Waals surface area contributed by atoms with E-state index in [1.54, 1.807) is 0 Å². The second-order valence-corrected chi connectivity index (χ2v) is 6.21. The number of nitrogens with two attached hydrogens (primary N) is 1. The van der Waals surface area contributed by atoms with Gasteiger partial charge in [-0.25, -0.2) is 4.99 Å². The zero-order chi connectivity index (χ0) is 17.2. The summed E-state index contributed by atoms with van der Waals surface area (Å²) in [6.45, 7) is 0. The van der Waals surface area contributed by atoms with Gasteiger partial charge in [-0.2, -0.15) is 0 Å². The first-order chi connectivity index (χ1) is 12.3. The van der Waals surface area contributed by atoms with Crippen LogP contribution in [0.2, 0.25) is 0 Å². The maximum atomic E-state index is 12.7. The molecule has 0 spiro atoms. The Morgan fingerprint density at radius 1 is 1.04 bits per heavy atom. The third-order valence-corrected chi connectivity index (χ3v) is 4.73. The lowest BCUT2D eigenvalue weighted by Gasteiger charge is -2.34. The Kier molecular flexibility index (Phi) is 3.90. The van der Waals surface area contributed by atoms with Crippen molar-refractivity contribution in [1.82, 2.24) is 5.32 Å². The third-order valence-electron chi connectivity index (χ3n) is 4.73. The molecule has 0 bridgehead atoms. The topological polar surface area (TPSA) is 79.8 Å². The average Bonchev–Trinajstić information content (AvgIpc) is 2.68. The largest absolute Gasteiger partial charge is 0.320 e. The standard InChI is InChI=1S/C20H18N4O/c21-24-20-22-17-12-15(13-7-3-1-4-8-13)11-16(18(17)19(25)23-20)14-9-5-2-6-10-14/h1-10,12,16,18H,11,21H2,(H,23,24,25). The van der Waals surface area contributed by atoms with Gasteiger partial charge >= 0.3 is 0 Å². The fraction of sp³-hybridized carbons (Fsp3) is 0.150. The normalized spacial score (nSPS) is 24.2. The van der Waals surface area contributed by atoms with Gasteiger partial charge in [0.05, 0.1) is 11.6 Å². The fourth-order valence-electron chi connectivity index (χ4n) is 3.57. The molecule has 25 heavy (non-hydrogen) atoms. The summed E-state index contributed by atoms with van der Waals surface area (Å²) in [5.41, 5.74) is 4.15. The zero-order valence-electron chi connectivity index (χ0n) is 13.6. The highest BCUT2D eigenvalue weighted by molar-refractivity contribution is 6.23. The van der Waals surface area contributed by atoms with Crippen LogP contribution in [0.3, 0.4) is 0 Å². The summed E-state index contributed by atoms with van der Waals surface area (Å²) in [5.74, 6) is 5.07. The molecule has 1 amide bonds. The number of hydrogen-bond donors (Lipinski definition) is 2. The Bertz CT molecular complexity index is 884. The molecule has 1 aliphatic heterocycles. The number of carbonyl (C=O) groups excluding carboxylic acids is 1. The molecule has 0 fully saturated rings. The van der Waals surface area contributed by atoms with Crippen LogP contribution in [-0.2, 0) is 4.79 Å². The first-order valence-corrected chi connectivity index (χ1v) is 8.24. The van der Waals surface area contributed by atoms with E-state index in [4.69, 9.17) is 5.84 Å². The summed E-state index contributed by atoms with van der Waals surface area (Å²) in [4.78, 5) is 17.1. The first-order valence-electron chi connectivity index (χ1n) is 8.24. The number of nitrogens with one attached hydrogen (secondary N) is 1. The van der Waals surface area contributed by atoms with Crippen LogP contribution in [0.4, 0.5) is 0 Å². The number of nitrogens with zero attached hydrogens (tertiary/aromatic N) is 2. The molecule has 1 heterocycles. The summed E-state index contributed by atoms with van der Waals surface area (Å²) < 4.78 is 0. The summed E-state index contributed by atoms with van der Waals surface area (Å²) in [5, 5.41) is 6.24. The van der Waals surface area contributed by atoms with Crippen molar-refractivity contribution in [2.45, 2.75) is 12.3 Å². The van der Waals surface area contributed by atoms with Gasteiger partial charge in [0.2, 0.25) is 11.9 Å². The van der Waals surface area contributed by atoms with Gasteiger partial charge in [-0.05, 0) is 29.2 Å². The Balaban J connectivity index is 1.84. The lowest BCUT2D eigenvalue weighted by Crippen LogP contribution is -2.47. The van der Waals surface area contributed by atoms with Crippen molar-refractivity contribution in [3.63, 3.8) is 0 Å². The van der Waals surface area contributed by atoms with Gasteiger partial charge in [0.25, 0.3) is 0 Å². The number of aliphatic imine (C=N–C) groups is 1. The van der Waals surface area contributed by atoms with Crippen LogP contribution in [0, 0.1) is 5.92 Å². The molecule has 5 heteroatoms. The first kappa shape index (κ1) is 15.3. The molecule has 0 saturated carbocycles. The lowest BCUT2D eigenvalue weighted by molar-refractivity contribution is -0.122. The summed E-state index contributed by atoms with van der Waals surface area (Å²) >= 11 is 0. The molecule has 0 aromatic heterocycles. The van der Waals surface area contributed by atoms with E-state index in [0.29, 0.717) is 5.71 Å². The summed E-state index contributed by atoms with van der Waals surface area (Å²) in [7, 11) is 0. The van der Waals surface area contributed by atoms with Crippen molar-refractivity contribution in [2.75, 3.05) is 0 Å². The number of benzene rings is 2. The van der Waals surface area contributed by atoms with E-state index in [1.807, 2.05) is 42.5 Å². The van der Waals surface area contributed by atoms with E-state index in [0.717, 1.165) is 23.1 Å². The molecule has 4 rings (SSSR count). The highest BCUT2D eigenvalue weighted by Gasteiger charge is 2.40. The second-order valence-electron chi connectivity index (χ2n) is 6.21. The van der Waals surface area contributed by atoms with Crippen molar-refractivity contribution in [3.05, 3.63) is 77.9 Å². The number of allylic oxidation sites excluding steroid dienone is 2. The number of carbonyl (C=O) groups is 1. The summed E-state index contributed by atoms with van der Waals surface area (Å²) in [6.07, 6.45) is 2.78. The maximum absolute atomic E-state index is 12.7. The Hall–Kier alpha value is -3.21. The van der Waals surface area contributed by atoms with Crippen molar-refractivity contribution >= 4 is 23.2 Å². The third kappa shape index (κ3) is 2.85. The fourth-order valence-corrected chi connectivity index (χ4v) is 3.57. The van der Waals surface area contributed by atoms with Crippen LogP contribution in [0.25, 0.3) is 5.57 Å². The smallest absolute Gasteiger partial charge is 0.246 e. The van der Waals surface area contributed by atoms with Crippen LogP contribution >= 0.6 is 0 Å². The predicted molar refractivity (Wildman–Crippen MR) is 98.9 cm³/mol. The highest BCUT2D eigenvalue weighted by atomic mass is 16.2. The predicted octanol–water partition coefficient (Wildman–Crippen LogP) is 2.67. The molecule has 1 aliphatic carbocycles. The van der Waals surface area contributed by atoms with Gasteiger partial charge in [0.1, 0.15) is 0 Å². The number of amides is 1. The molecule has 2 atom stereocenters. The summed E-state index contributed by atoms with van der Waals surface area (Å²) in [6, 6.07) is 20.3. The Labute approximate surface area is 146 Å². The molecule has 124 valence electrons. The molecule has 3 N–H and O–H groups in total.